The van der Waals surface area contributed by atoms with Crippen LogP contribution in [0.25, 0.3) is 21.9 Å². The summed E-state index contributed by atoms with van der Waals surface area (Å²) in [4.78, 5) is 20.5. The molecule has 6 nitrogen and oxygen atoms in total. The normalized spacial score (nSPS) is 12.8. The second kappa shape index (κ2) is 7.66. The number of carbonyl (C=O) groups excluding carboxylic acids is 1. The molecule has 2 heterocycles. The van der Waals surface area contributed by atoms with Gasteiger partial charge in [0.25, 0.3) is 0 Å². The predicted molar refractivity (Wildman–Crippen MR) is 107 cm³/mol. The summed E-state index contributed by atoms with van der Waals surface area (Å²) in [5.74, 6) is 0.725. The Labute approximate surface area is 158 Å². The van der Waals surface area contributed by atoms with Gasteiger partial charge in [0.2, 0.25) is 0 Å². The molecule has 1 unspecified atom stereocenters. The molecule has 26 heavy (non-hydrogen) atoms. The van der Waals surface area contributed by atoms with Gasteiger partial charge in [-0.25, -0.2) is 0 Å². The third-order valence-corrected chi connectivity index (χ3v) is 8.15. The summed E-state index contributed by atoms with van der Waals surface area (Å²) in [5.41, 5.74) is 11.2. The standard InChI is InChI=1S/C19H25AsN4O2/c1-12(2)11-24-17-14-7-5-6-8-15(14)22-18(21)16(17)23-19(24)20(4)9-10-26-13(3)25/h5-8,12H,9-11H2,1-4H3,(H2,21,22). The quantitative estimate of drug-likeness (QED) is 0.494. The molecule has 138 valence electrons. The molecule has 2 aromatic heterocycles. The zero-order chi connectivity index (χ0) is 18.8. The molecule has 3 rings (SSSR count). The molecule has 0 fully saturated rings. The number of para-hydroxylation sites is 1. The molecule has 0 aliphatic heterocycles. The van der Waals surface area contributed by atoms with E-state index in [-0.39, 0.29) is 5.97 Å². The van der Waals surface area contributed by atoms with Gasteiger partial charge in [0.15, 0.2) is 0 Å². The Bertz CT molecular complexity index is 952. The Balaban J connectivity index is 2.14. The SMILES string of the molecule is CC(=O)OCC[As](C)c1nc2c(N)nc3ccccc3c2n1CC(C)C. The van der Waals surface area contributed by atoms with Gasteiger partial charge in [-0.05, 0) is 0 Å². The summed E-state index contributed by atoms with van der Waals surface area (Å²) in [6.45, 7) is 7.18. The molecule has 2 N–H and O–H groups in total. The Kier molecular flexibility index (Phi) is 5.52. The molecule has 0 aliphatic carbocycles. The number of ether oxygens (including phenoxy) is 1. The maximum atomic E-state index is 11.1. The summed E-state index contributed by atoms with van der Waals surface area (Å²) in [5, 5.41) is 1.94. The Morgan fingerprint density at radius 2 is 2.04 bits per heavy atom. The topological polar surface area (TPSA) is 83.0 Å². The fraction of sp³-hybridized carbons (Fsp3) is 0.421. The number of benzene rings is 1. The molecule has 1 atom stereocenters. The third-order valence-electron chi connectivity index (χ3n) is 4.21. The van der Waals surface area contributed by atoms with E-state index in [9.17, 15) is 4.79 Å². The summed E-state index contributed by atoms with van der Waals surface area (Å²) < 4.78 is 8.58. The monoisotopic (exact) mass is 416 g/mol. The summed E-state index contributed by atoms with van der Waals surface area (Å²) >= 11 is -1.48. The Hall–Kier alpha value is -2.07. The molecule has 1 aromatic carbocycles. The summed E-state index contributed by atoms with van der Waals surface area (Å²) in [6, 6.07) is 8.06. The van der Waals surface area contributed by atoms with Crippen LogP contribution >= 0.6 is 0 Å². The second-order valence-corrected chi connectivity index (χ2v) is 11.6. The van der Waals surface area contributed by atoms with Crippen LogP contribution in [0.5, 0.6) is 0 Å². The first-order chi connectivity index (χ1) is 12.4. The van der Waals surface area contributed by atoms with Crippen molar-refractivity contribution in [2.45, 2.75) is 38.2 Å². The zero-order valence-corrected chi connectivity index (χ0v) is 17.6. The third kappa shape index (κ3) is 3.70. The van der Waals surface area contributed by atoms with Crippen molar-refractivity contribution in [3.8, 4) is 0 Å². The van der Waals surface area contributed by atoms with Crippen molar-refractivity contribution < 1.29 is 9.53 Å². The predicted octanol–water partition coefficient (Wildman–Crippen LogP) is 2.72. The van der Waals surface area contributed by atoms with E-state index in [0.29, 0.717) is 18.3 Å². The van der Waals surface area contributed by atoms with Crippen molar-refractivity contribution in [3.05, 3.63) is 24.3 Å². The Morgan fingerprint density at radius 1 is 1.31 bits per heavy atom. The number of esters is 1. The molecular weight excluding hydrogens is 391 g/mol. The fourth-order valence-electron chi connectivity index (χ4n) is 3.10. The average molecular weight is 416 g/mol. The van der Waals surface area contributed by atoms with Gasteiger partial charge in [0, 0.05) is 0 Å². The fourth-order valence-corrected chi connectivity index (χ4v) is 6.10. The van der Waals surface area contributed by atoms with Gasteiger partial charge in [0.05, 0.1) is 0 Å². The van der Waals surface area contributed by atoms with Crippen molar-refractivity contribution in [2.75, 3.05) is 12.3 Å². The van der Waals surface area contributed by atoms with E-state index in [1.54, 1.807) is 0 Å². The van der Waals surface area contributed by atoms with Gasteiger partial charge in [-0.2, -0.15) is 0 Å². The van der Waals surface area contributed by atoms with Crippen molar-refractivity contribution in [3.63, 3.8) is 0 Å². The molecule has 7 heteroatoms. The molecule has 3 aromatic rings. The molecule has 0 radical (unpaired) electrons. The van der Waals surface area contributed by atoms with Crippen LogP contribution in [0.2, 0.25) is 10.9 Å². The second-order valence-electron chi connectivity index (χ2n) is 6.89. The Morgan fingerprint density at radius 3 is 2.73 bits per heavy atom. The van der Waals surface area contributed by atoms with Gasteiger partial charge in [-0.15, -0.1) is 0 Å². The van der Waals surface area contributed by atoms with E-state index >= 15 is 0 Å². The van der Waals surface area contributed by atoms with Crippen LogP contribution in [0, 0.1) is 5.92 Å². The number of rotatable bonds is 6. The first-order valence-corrected chi connectivity index (χ1v) is 12.9. The van der Waals surface area contributed by atoms with E-state index < -0.39 is 14.7 Å². The average Bonchev–Trinajstić information content (AvgIpc) is 2.94. The summed E-state index contributed by atoms with van der Waals surface area (Å²) in [7, 11) is 0. The van der Waals surface area contributed by atoms with Crippen molar-refractivity contribution in [1.82, 2.24) is 14.5 Å². The van der Waals surface area contributed by atoms with Crippen molar-refractivity contribution in [2.24, 2.45) is 5.92 Å². The minimum atomic E-state index is -1.48. The number of aromatic nitrogens is 3. The molecule has 0 bridgehead atoms. The molecule has 0 amide bonds. The number of pyridine rings is 1. The number of hydrogen-bond acceptors (Lipinski definition) is 5. The number of nitrogen functional groups attached to an aromatic ring is 1. The van der Waals surface area contributed by atoms with Gasteiger partial charge in [-0.1, -0.05) is 0 Å². The molecule has 0 saturated heterocycles. The van der Waals surface area contributed by atoms with E-state index in [0.717, 1.165) is 38.3 Å². The van der Waals surface area contributed by atoms with Crippen LogP contribution in [0.1, 0.15) is 20.8 Å². The first-order valence-electron chi connectivity index (χ1n) is 8.77. The maximum absolute atomic E-state index is 11.1. The van der Waals surface area contributed by atoms with Crippen LogP contribution in [-0.2, 0) is 16.1 Å². The van der Waals surface area contributed by atoms with Crippen molar-refractivity contribution >= 4 is 53.0 Å². The van der Waals surface area contributed by atoms with E-state index in [1.165, 1.54) is 6.92 Å². The number of nitrogens with two attached hydrogens (primary N) is 1. The van der Waals surface area contributed by atoms with Crippen LogP contribution in [0.15, 0.2) is 24.3 Å². The number of hydrogen-bond donors (Lipinski definition) is 1. The summed E-state index contributed by atoms with van der Waals surface area (Å²) in [6.07, 6.45) is 0. The molecule has 0 saturated carbocycles. The van der Waals surface area contributed by atoms with Gasteiger partial charge in [-0.3, -0.25) is 0 Å². The molecule has 0 aliphatic rings. The van der Waals surface area contributed by atoms with Gasteiger partial charge >= 0.3 is 158 Å². The first kappa shape index (κ1) is 18.7. The van der Waals surface area contributed by atoms with Crippen molar-refractivity contribution in [1.29, 1.82) is 0 Å². The minimum absolute atomic E-state index is 0.234. The van der Waals surface area contributed by atoms with E-state index in [1.807, 2.05) is 18.2 Å². The van der Waals surface area contributed by atoms with Gasteiger partial charge in [0.1, 0.15) is 0 Å². The van der Waals surface area contributed by atoms with Crippen LogP contribution in [0.4, 0.5) is 5.82 Å². The van der Waals surface area contributed by atoms with Crippen LogP contribution in [0.3, 0.4) is 0 Å². The number of nitrogens with zero attached hydrogens (tertiary/aromatic N) is 3. The number of imidazole rings is 1. The number of anilines is 1. The van der Waals surface area contributed by atoms with Crippen LogP contribution in [-0.4, -0.2) is 41.8 Å². The number of fused-ring (bicyclic) bond motifs is 3. The van der Waals surface area contributed by atoms with E-state index in [4.69, 9.17) is 15.5 Å². The number of carbonyl (C=O) groups is 1. The zero-order valence-electron chi connectivity index (χ0n) is 15.7. The molecule has 0 spiro atoms. The van der Waals surface area contributed by atoms with Gasteiger partial charge < -0.3 is 0 Å². The van der Waals surface area contributed by atoms with Crippen LogP contribution < -0.4 is 10.3 Å². The molecular formula is C19H25AsN4O2. The van der Waals surface area contributed by atoms with E-state index in [2.05, 4.69) is 35.2 Å².